The number of ether oxygens (including phenoxy) is 1. The lowest BCUT2D eigenvalue weighted by Gasteiger charge is -2.10. The molecule has 7 nitrogen and oxygen atoms in total. The van der Waals surface area contributed by atoms with Gasteiger partial charge in [0.2, 0.25) is 0 Å². The smallest absolute Gasteiger partial charge is 0.281 e. The third-order valence-corrected chi connectivity index (χ3v) is 6.55. The fourth-order valence-electron chi connectivity index (χ4n) is 3.68. The van der Waals surface area contributed by atoms with Crippen LogP contribution in [-0.2, 0) is 6.61 Å². The maximum Gasteiger partial charge on any atom is 0.281 e. The fourth-order valence-corrected chi connectivity index (χ4v) is 4.61. The van der Waals surface area contributed by atoms with Crippen LogP contribution in [0.25, 0.3) is 20.9 Å². The van der Waals surface area contributed by atoms with Gasteiger partial charge in [-0.2, -0.15) is 5.10 Å². The van der Waals surface area contributed by atoms with Crippen LogP contribution in [0.2, 0.25) is 0 Å². The topological polar surface area (TPSA) is 93.8 Å². The molecule has 1 N–H and O–H groups in total. The minimum atomic E-state index is -0.458. The first kappa shape index (κ1) is 22.2. The lowest BCUT2D eigenvalue weighted by atomic mass is 10.1. The summed E-state index contributed by atoms with van der Waals surface area (Å²) in [4.78, 5) is 23.5. The number of fused-ring (bicyclic) bond motifs is 2. The van der Waals surface area contributed by atoms with Crippen LogP contribution >= 0.6 is 11.3 Å². The van der Waals surface area contributed by atoms with Crippen LogP contribution in [0.4, 0.5) is 5.69 Å². The molecule has 0 radical (unpaired) electrons. The Morgan fingerprint density at radius 3 is 2.60 bits per heavy atom. The number of nitrogens with one attached hydrogen (secondary N) is 1. The lowest BCUT2D eigenvalue weighted by Crippen LogP contribution is -2.16. The number of non-ortho nitro benzene ring substituents is 1. The highest BCUT2D eigenvalue weighted by atomic mass is 32.1. The van der Waals surface area contributed by atoms with E-state index < -0.39 is 4.92 Å². The lowest BCUT2D eigenvalue weighted by molar-refractivity contribution is -0.384. The molecular formula is C27H19N3O4S. The van der Waals surface area contributed by atoms with E-state index in [4.69, 9.17) is 4.74 Å². The van der Waals surface area contributed by atoms with Crippen molar-refractivity contribution in [2.75, 3.05) is 0 Å². The molecule has 8 heteroatoms. The van der Waals surface area contributed by atoms with Gasteiger partial charge in [-0.05, 0) is 46.7 Å². The molecule has 0 aliphatic rings. The van der Waals surface area contributed by atoms with E-state index in [1.165, 1.54) is 35.1 Å². The summed E-state index contributed by atoms with van der Waals surface area (Å²) in [6, 6.07) is 28.0. The van der Waals surface area contributed by atoms with E-state index in [2.05, 4.69) is 34.8 Å². The summed E-state index contributed by atoms with van der Waals surface area (Å²) in [5.41, 5.74) is 4.28. The van der Waals surface area contributed by atoms with Crippen LogP contribution < -0.4 is 10.2 Å². The van der Waals surface area contributed by atoms with Crippen LogP contribution in [-0.4, -0.2) is 17.0 Å². The van der Waals surface area contributed by atoms with E-state index in [1.807, 2.05) is 42.5 Å². The molecule has 5 aromatic rings. The van der Waals surface area contributed by atoms with Crippen LogP contribution in [0.15, 0.2) is 96.1 Å². The number of para-hydroxylation sites is 1. The number of nitro benzene ring substituents is 1. The molecule has 0 fully saturated rings. The third-order valence-electron chi connectivity index (χ3n) is 5.43. The molecule has 35 heavy (non-hydrogen) atoms. The zero-order chi connectivity index (χ0) is 24.2. The summed E-state index contributed by atoms with van der Waals surface area (Å²) in [6.45, 7) is 0.399. The van der Waals surface area contributed by atoms with Gasteiger partial charge < -0.3 is 4.74 Å². The summed E-state index contributed by atoms with van der Waals surface area (Å²) >= 11 is 1.25. The Labute approximate surface area is 204 Å². The number of carbonyl (C=O) groups excluding carboxylic acids is 1. The number of nitrogens with zero attached hydrogens (tertiary/aromatic N) is 2. The molecule has 0 spiro atoms. The SMILES string of the molecule is O=C(N/N=C\c1ccccc1OCc1ccc2ccccc2c1)c1cc2cc([N+](=O)[O-])ccc2s1. The molecule has 5 rings (SSSR count). The predicted molar refractivity (Wildman–Crippen MR) is 138 cm³/mol. The van der Waals surface area contributed by atoms with Gasteiger partial charge in [0.05, 0.1) is 16.0 Å². The van der Waals surface area contributed by atoms with Gasteiger partial charge >= 0.3 is 0 Å². The quantitative estimate of drug-likeness (QED) is 0.168. The summed E-state index contributed by atoms with van der Waals surface area (Å²) in [6.07, 6.45) is 1.53. The van der Waals surface area contributed by atoms with Crippen molar-refractivity contribution < 1.29 is 14.5 Å². The van der Waals surface area contributed by atoms with Crippen LogP contribution in [0, 0.1) is 10.1 Å². The second-order valence-electron chi connectivity index (χ2n) is 7.80. The van der Waals surface area contributed by atoms with E-state index in [1.54, 1.807) is 12.1 Å². The summed E-state index contributed by atoms with van der Waals surface area (Å²) in [5, 5.41) is 18.0. The first-order chi connectivity index (χ1) is 17.1. The molecule has 0 saturated heterocycles. The Morgan fingerprint density at radius 1 is 0.943 bits per heavy atom. The average molecular weight is 482 g/mol. The molecule has 0 aliphatic carbocycles. The molecule has 0 bridgehead atoms. The van der Waals surface area contributed by atoms with E-state index in [0.717, 1.165) is 21.2 Å². The Bertz CT molecular complexity index is 1590. The number of carbonyl (C=O) groups is 1. The molecule has 0 unspecified atom stereocenters. The number of nitro groups is 1. The van der Waals surface area contributed by atoms with Crippen molar-refractivity contribution >= 4 is 50.0 Å². The highest BCUT2D eigenvalue weighted by molar-refractivity contribution is 7.20. The van der Waals surface area contributed by atoms with Crippen molar-refractivity contribution in [3.8, 4) is 5.75 Å². The van der Waals surface area contributed by atoms with Crippen LogP contribution in [0.1, 0.15) is 20.8 Å². The zero-order valence-corrected chi connectivity index (χ0v) is 19.2. The highest BCUT2D eigenvalue weighted by Gasteiger charge is 2.13. The number of amides is 1. The van der Waals surface area contributed by atoms with Crippen LogP contribution in [0.5, 0.6) is 5.75 Å². The second kappa shape index (κ2) is 9.74. The monoisotopic (exact) mass is 481 g/mol. The van der Waals surface area contributed by atoms with Gasteiger partial charge in [0.15, 0.2) is 0 Å². The van der Waals surface area contributed by atoms with Crippen molar-refractivity contribution in [1.82, 2.24) is 5.43 Å². The number of hydrogen-bond donors (Lipinski definition) is 1. The van der Waals surface area contributed by atoms with E-state index in [-0.39, 0.29) is 11.6 Å². The molecule has 1 aromatic heterocycles. The number of hydrogen-bond acceptors (Lipinski definition) is 6. The van der Waals surface area contributed by atoms with Crippen molar-refractivity contribution in [3.63, 3.8) is 0 Å². The van der Waals surface area contributed by atoms with Gasteiger partial charge in [0, 0.05) is 27.8 Å². The van der Waals surface area contributed by atoms with Gasteiger partial charge in [-0.3, -0.25) is 14.9 Å². The van der Waals surface area contributed by atoms with Crippen molar-refractivity contribution in [2.45, 2.75) is 6.61 Å². The molecule has 1 amide bonds. The number of hydrazone groups is 1. The van der Waals surface area contributed by atoms with E-state index in [0.29, 0.717) is 22.6 Å². The Kier molecular flexibility index (Phi) is 6.19. The van der Waals surface area contributed by atoms with E-state index in [9.17, 15) is 14.9 Å². The van der Waals surface area contributed by atoms with Gasteiger partial charge in [-0.1, -0.05) is 48.5 Å². The normalized spacial score (nSPS) is 11.2. The minimum Gasteiger partial charge on any atom is -0.488 e. The molecule has 172 valence electrons. The maximum atomic E-state index is 12.5. The summed E-state index contributed by atoms with van der Waals surface area (Å²) in [5.74, 6) is 0.257. The van der Waals surface area contributed by atoms with Crippen molar-refractivity contribution in [1.29, 1.82) is 0 Å². The van der Waals surface area contributed by atoms with Crippen molar-refractivity contribution in [3.05, 3.63) is 117 Å². The fraction of sp³-hybridized carbons (Fsp3) is 0.0370. The molecule has 0 atom stereocenters. The maximum absolute atomic E-state index is 12.5. The van der Waals surface area contributed by atoms with Gasteiger partial charge in [-0.15, -0.1) is 11.3 Å². The molecule has 0 aliphatic heterocycles. The molecule has 0 saturated carbocycles. The summed E-state index contributed by atoms with van der Waals surface area (Å²) in [7, 11) is 0. The first-order valence-corrected chi connectivity index (χ1v) is 11.6. The summed E-state index contributed by atoms with van der Waals surface area (Å²) < 4.78 is 6.82. The van der Waals surface area contributed by atoms with E-state index >= 15 is 0 Å². The zero-order valence-electron chi connectivity index (χ0n) is 18.4. The molecule has 4 aromatic carbocycles. The minimum absolute atomic E-state index is 0.0134. The second-order valence-corrected chi connectivity index (χ2v) is 8.88. The first-order valence-electron chi connectivity index (χ1n) is 10.8. The predicted octanol–water partition coefficient (Wildman–Crippen LogP) is 6.31. The Hall–Kier alpha value is -4.56. The van der Waals surface area contributed by atoms with Gasteiger partial charge in [0.25, 0.3) is 11.6 Å². The largest absolute Gasteiger partial charge is 0.488 e. The Balaban J connectivity index is 1.26. The van der Waals surface area contributed by atoms with Crippen LogP contribution in [0.3, 0.4) is 0 Å². The highest BCUT2D eigenvalue weighted by Crippen LogP contribution is 2.29. The third kappa shape index (κ3) is 5.02. The van der Waals surface area contributed by atoms with Gasteiger partial charge in [-0.25, -0.2) is 5.43 Å². The number of rotatable bonds is 7. The molecule has 1 heterocycles. The van der Waals surface area contributed by atoms with Crippen molar-refractivity contribution in [2.24, 2.45) is 5.10 Å². The molecular weight excluding hydrogens is 462 g/mol. The van der Waals surface area contributed by atoms with Gasteiger partial charge in [0.1, 0.15) is 12.4 Å². The Morgan fingerprint density at radius 2 is 1.74 bits per heavy atom. The number of thiophene rings is 1. The number of benzene rings is 4. The average Bonchev–Trinajstić information content (AvgIpc) is 3.31. The standard InChI is InChI=1S/C27H19N3O4S/c31-27(26-15-22-14-23(30(32)33)11-12-25(22)35-26)29-28-16-21-7-3-4-8-24(21)34-17-18-9-10-19-5-1-2-6-20(19)13-18/h1-16H,17H2,(H,29,31)/b28-16-.